The third kappa shape index (κ3) is 3.09. The molecule has 0 radical (unpaired) electrons. The maximum atomic E-state index is 12.3. The molecule has 2 rings (SSSR count). The number of hydrogen-bond donors (Lipinski definition) is 0. The van der Waals surface area contributed by atoms with E-state index in [4.69, 9.17) is 0 Å². The lowest BCUT2D eigenvalue weighted by atomic mass is 10.1. The topological polar surface area (TPSA) is 36.4 Å². The Hall–Kier alpha value is -0.940. The molecule has 0 aromatic carbocycles. The Balaban J connectivity index is 1.95. The third-order valence-corrected chi connectivity index (χ3v) is 3.94. The van der Waals surface area contributed by atoms with Crippen LogP contribution >= 0.6 is 11.3 Å². The highest BCUT2D eigenvalue weighted by molar-refractivity contribution is 7.07. The molecule has 1 unspecified atom stereocenters. The van der Waals surface area contributed by atoms with Crippen molar-refractivity contribution in [1.82, 2.24) is 14.8 Å². The zero-order valence-corrected chi connectivity index (χ0v) is 12.1. The monoisotopic (exact) mass is 267 g/mol. The largest absolute Gasteiger partial charge is 0.340 e. The van der Waals surface area contributed by atoms with Crippen molar-refractivity contribution < 1.29 is 4.79 Å². The van der Waals surface area contributed by atoms with Gasteiger partial charge in [0.1, 0.15) is 0 Å². The molecule has 0 saturated carbocycles. The molecule has 5 heteroatoms. The fourth-order valence-corrected chi connectivity index (χ4v) is 2.88. The van der Waals surface area contributed by atoms with Gasteiger partial charge in [-0.25, -0.2) is 4.98 Å². The average Bonchev–Trinajstić information content (AvgIpc) is 2.81. The normalized spacial score (nSPS) is 21.9. The molecule has 18 heavy (non-hydrogen) atoms. The second-order valence-corrected chi connectivity index (χ2v) is 6.02. The maximum Gasteiger partial charge on any atom is 0.239 e. The molecule has 1 aliphatic rings. The van der Waals surface area contributed by atoms with Gasteiger partial charge in [0.05, 0.1) is 17.2 Å². The van der Waals surface area contributed by atoms with Crippen LogP contribution in [-0.2, 0) is 11.3 Å². The van der Waals surface area contributed by atoms with Crippen molar-refractivity contribution in [2.24, 2.45) is 5.92 Å². The molecule has 100 valence electrons. The minimum atomic E-state index is -0.0285. The molecule has 1 aliphatic heterocycles. The second-order valence-electron chi connectivity index (χ2n) is 5.30. The second kappa shape index (κ2) is 5.80. The first-order valence-electron chi connectivity index (χ1n) is 6.48. The lowest BCUT2D eigenvalue weighted by Gasteiger charge is -2.39. The summed E-state index contributed by atoms with van der Waals surface area (Å²) in [5.74, 6) is 0.788. The number of carbonyl (C=O) groups excluding carboxylic acids is 1. The molecule has 2 heterocycles. The van der Waals surface area contributed by atoms with Gasteiger partial charge in [0.15, 0.2) is 0 Å². The Kier molecular flexibility index (Phi) is 4.35. The highest BCUT2D eigenvalue weighted by Gasteiger charge is 2.31. The number of rotatable bonds is 4. The van der Waals surface area contributed by atoms with Crippen molar-refractivity contribution in [3.05, 3.63) is 16.6 Å². The molecule has 1 aromatic heterocycles. The molecular formula is C13H21N3OS. The summed E-state index contributed by atoms with van der Waals surface area (Å²) in [6, 6.07) is -0.0285. The molecule has 1 fully saturated rings. The Morgan fingerprint density at radius 3 is 2.89 bits per heavy atom. The van der Waals surface area contributed by atoms with E-state index < -0.39 is 0 Å². The summed E-state index contributed by atoms with van der Waals surface area (Å²) in [7, 11) is 0. The molecular weight excluding hydrogens is 246 g/mol. The lowest BCUT2D eigenvalue weighted by molar-refractivity contribution is -0.141. The van der Waals surface area contributed by atoms with Crippen LogP contribution in [0.25, 0.3) is 0 Å². The first-order chi connectivity index (χ1) is 8.58. The van der Waals surface area contributed by atoms with Gasteiger partial charge in [-0.3, -0.25) is 9.69 Å². The smallest absolute Gasteiger partial charge is 0.239 e. The number of thiazole rings is 1. The van der Waals surface area contributed by atoms with Gasteiger partial charge < -0.3 is 4.90 Å². The lowest BCUT2D eigenvalue weighted by Crippen LogP contribution is -2.56. The first-order valence-corrected chi connectivity index (χ1v) is 7.42. The standard InChI is InChI=1S/C13H21N3OS/c1-10(2)6-16-5-4-15(11(3)13(16)17)7-12-8-18-9-14-12/h8-11H,4-7H2,1-3H3. The van der Waals surface area contributed by atoms with Crippen molar-refractivity contribution in [1.29, 1.82) is 0 Å². The summed E-state index contributed by atoms with van der Waals surface area (Å²) in [5, 5.41) is 2.05. The minimum absolute atomic E-state index is 0.0285. The van der Waals surface area contributed by atoms with E-state index in [-0.39, 0.29) is 11.9 Å². The van der Waals surface area contributed by atoms with Crippen molar-refractivity contribution in [3.63, 3.8) is 0 Å². The van der Waals surface area contributed by atoms with Gasteiger partial charge >= 0.3 is 0 Å². The van der Waals surface area contributed by atoms with Gasteiger partial charge in [-0.1, -0.05) is 13.8 Å². The Labute approximate surface area is 113 Å². The van der Waals surface area contributed by atoms with Crippen LogP contribution in [0, 0.1) is 5.92 Å². The minimum Gasteiger partial charge on any atom is -0.340 e. The van der Waals surface area contributed by atoms with E-state index in [9.17, 15) is 4.79 Å². The number of hydrogen-bond acceptors (Lipinski definition) is 4. The van der Waals surface area contributed by atoms with Crippen LogP contribution < -0.4 is 0 Å². The molecule has 0 spiro atoms. The number of piperazine rings is 1. The van der Waals surface area contributed by atoms with Gasteiger partial charge in [-0.15, -0.1) is 11.3 Å². The predicted octanol–water partition coefficient (Wildman–Crippen LogP) is 1.83. The van der Waals surface area contributed by atoms with Crippen LogP contribution in [0.1, 0.15) is 26.5 Å². The maximum absolute atomic E-state index is 12.3. The van der Waals surface area contributed by atoms with Crippen LogP contribution in [0.3, 0.4) is 0 Å². The summed E-state index contributed by atoms with van der Waals surface area (Å²) < 4.78 is 0. The number of nitrogens with zero attached hydrogens (tertiary/aromatic N) is 3. The molecule has 1 atom stereocenters. The highest BCUT2D eigenvalue weighted by Crippen LogP contribution is 2.16. The summed E-state index contributed by atoms with van der Waals surface area (Å²) in [6.07, 6.45) is 0. The van der Waals surface area contributed by atoms with Crippen LogP contribution in [0.4, 0.5) is 0 Å². The van der Waals surface area contributed by atoms with E-state index in [2.05, 4.69) is 29.1 Å². The van der Waals surface area contributed by atoms with Gasteiger partial charge in [-0.2, -0.15) is 0 Å². The Morgan fingerprint density at radius 2 is 2.28 bits per heavy atom. The summed E-state index contributed by atoms with van der Waals surface area (Å²) in [5.41, 5.74) is 2.91. The van der Waals surface area contributed by atoms with Crippen LogP contribution in [0.15, 0.2) is 10.9 Å². The highest BCUT2D eigenvalue weighted by atomic mass is 32.1. The van der Waals surface area contributed by atoms with Gasteiger partial charge in [-0.05, 0) is 12.8 Å². The van der Waals surface area contributed by atoms with Crippen molar-refractivity contribution in [2.45, 2.75) is 33.4 Å². The molecule has 1 saturated heterocycles. The number of amides is 1. The quantitative estimate of drug-likeness (QED) is 0.835. The van der Waals surface area contributed by atoms with Gasteiger partial charge in [0, 0.05) is 31.6 Å². The number of carbonyl (C=O) groups is 1. The Morgan fingerprint density at radius 1 is 1.50 bits per heavy atom. The molecule has 0 bridgehead atoms. The van der Waals surface area contributed by atoms with Crippen molar-refractivity contribution in [2.75, 3.05) is 19.6 Å². The zero-order chi connectivity index (χ0) is 13.1. The molecule has 4 nitrogen and oxygen atoms in total. The zero-order valence-electron chi connectivity index (χ0n) is 11.3. The van der Waals surface area contributed by atoms with Crippen molar-refractivity contribution >= 4 is 17.2 Å². The van der Waals surface area contributed by atoms with Crippen molar-refractivity contribution in [3.8, 4) is 0 Å². The Bertz CT molecular complexity index is 391. The van der Waals surface area contributed by atoms with Crippen LogP contribution in [0.5, 0.6) is 0 Å². The number of aromatic nitrogens is 1. The first kappa shape index (κ1) is 13.5. The molecule has 1 aromatic rings. The van der Waals surface area contributed by atoms with E-state index in [0.717, 1.165) is 31.9 Å². The van der Waals surface area contributed by atoms with Crippen LogP contribution in [-0.4, -0.2) is 46.4 Å². The van der Waals surface area contributed by atoms with E-state index in [0.29, 0.717) is 5.92 Å². The fourth-order valence-electron chi connectivity index (χ4n) is 2.34. The van der Waals surface area contributed by atoms with E-state index in [1.165, 1.54) is 0 Å². The van der Waals surface area contributed by atoms with Gasteiger partial charge in [0.25, 0.3) is 0 Å². The van der Waals surface area contributed by atoms with E-state index >= 15 is 0 Å². The predicted molar refractivity (Wildman–Crippen MR) is 73.4 cm³/mol. The SMILES string of the molecule is CC(C)CN1CCN(Cc2cscn2)C(C)C1=O. The van der Waals surface area contributed by atoms with E-state index in [1.807, 2.05) is 17.3 Å². The molecule has 1 amide bonds. The summed E-state index contributed by atoms with van der Waals surface area (Å²) >= 11 is 1.61. The molecule has 0 aliphatic carbocycles. The summed E-state index contributed by atoms with van der Waals surface area (Å²) in [6.45, 7) is 9.74. The van der Waals surface area contributed by atoms with Gasteiger partial charge in [0.2, 0.25) is 5.91 Å². The molecule has 0 N–H and O–H groups in total. The van der Waals surface area contributed by atoms with Crippen LogP contribution in [0.2, 0.25) is 0 Å². The summed E-state index contributed by atoms with van der Waals surface area (Å²) in [4.78, 5) is 20.8. The average molecular weight is 267 g/mol. The third-order valence-electron chi connectivity index (χ3n) is 3.31. The fraction of sp³-hybridized carbons (Fsp3) is 0.692. The van der Waals surface area contributed by atoms with E-state index in [1.54, 1.807) is 11.3 Å².